The van der Waals surface area contributed by atoms with Crippen LogP contribution in [0.2, 0.25) is 0 Å². The van der Waals surface area contributed by atoms with Gasteiger partial charge in [0.15, 0.2) is 12.4 Å². The molecule has 0 aromatic heterocycles. The van der Waals surface area contributed by atoms with Crippen LogP contribution in [0.3, 0.4) is 0 Å². The van der Waals surface area contributed by atoms with Crippen molar-refractivity contribution in [2.45, 2.75) is 13.3 Å². The molecule has 0 aromatic carbocycles. The first-order chi connectivity index (χ1) is 3.83. The van der Waals surface area contributed by atoms with Crippen LogP contribution in [0.5, 0.6) is 0 Å². The highest BCUT2D eigenvalue weighted by molar-refractivity contribution is 5.59. The molecule has 0 saturated carbocycles. The van der Waals surface area contributed by atoms with E-state index in [-0.39, 0.29) is 0 Å². The highest BCUT2D eigenvalue weighted by atomic mass is 14.9. The molecule has 0 radical (unpaired) electrons. The molecule has 1 unspecified atom stereocenters. The Hall–Kier alpha value is -0.590. The minimum absolute atomic E-state index is 0.694. The minimum Gasteiger partial charge on any atom is -0.211 e. The van der Waals surface area contributed by atoms with E-state index in [0.717, 1.165) is 0 Å². The molecule has 0 spiro atoms. The lowest BCUT2D eigenvalue weighted by molar-refractivity contribution is -0.414. The summed E-state index contributed by atoms with van der Waals surface area (Å²) in [5, 5.41) is 0. The van der Waals surface area contributed by atoms with Crippen molar-refractivity contribution in [3.8, 4) is 0 Å². The fourth-order valence-electron chi connectivity index (χ4n) is 0.889. The first kappa shape index (κ1) is 5.54. The third kappa shape index (κ3) is 0.971. The highest BCUT2D eigenvalue weighted by Crippen LogP contribution is 2.04. The molecule has 8 heavy (non-hydrogen) atoms. The normalized spacial score (nSPS) is 26.2. The van der Waals surface area contributed by atoms with Crippen molar-refractivity contribution in [3.05, 3.63) is 12.3 Å². The first-order valence-electron chi connectivity index (χ1n) is 3.08. The van der Waals surface area contributed by atoms with Crippen LogP contribution in [0.4, 0.5) is 0 Å². The molecule has 0 bridgehead atoms. The van der Waals surface area contributed by atoms with Crippen molar-refractivity contribution >= 4 is 6.21 Å². The molecule has 1 aliphatic heterocycles. The second-order valence-electron chi connectivity index (χ2n) is 2.23. The van der Waals surface area contributed by atoms with Gasteiger partial charge in [-0.05, 0) is 12.5 Å². The molecule has 44 valence electrons. The molecule has 0 saturated heterocycles. The number of hydrogen-bond donors (Lipinski definition) is 0. The van der Waals surface area contributed by atoms with Gasteiger partial charge in [-0.2, -0.15) is 0 Å². The summed E-state index contributed by atoms with van der Waals surface area (Å²) in [6.07, 6.45) is 7.77. The molecular formula is C7H12N+. The molecule has 0 aromatic rings. The van der Waals surface area contributed by atoms with E-state index in [4.69, 9.17) is 0 Å². The van der Waals surface area contributed by atoms with Crippen LogP contribution in [-0.4, -0.2) is 17.8 Å². The summed E-state index contributed by atoms with van der Waals surface area (Å²) in [4.78, 5) is 0. The molecule has 1 atom stereocenters. The third-order valence-electron chi connectivity index (χ3n) is 1.47. The Morgan fingerprint density at radius 2 is 2.38 bits per heavy atom. The molecule has 1 aliphatic rings. The Labute approximate surface area is 50.3 Å². The summed E-state index contributed by atoms with van der Waals surface area (Å²) in [5.41, 5.74) is 0. The van der Waals surface area contributed by atoms with E-state index in [1.807, 2.05) is 0 Å². The predicted molar refractivity (Wildman–Crippen MR) is 35.2 cm³/mol. The fourth-order valence-corrected chi connectivity index (χ4v) is 0.889. The average Bonchev–Trinajstić information content (AvgIpc) is 2.14. The Morgan fingerprint density at radius 3 is 2.62 bits per heavy atom. The van der Waals surface area contributed by atoms with Crippen LogP contribution in [0.25, 0.3) is 0 Å². The van der Waals surface area contributed by atoms with E-state index in [1.165, 1.54) is 6.42 Å². The van der Waals surface area contributed by atoms with Crippen LogP contribution in [0, 0.1) is 5.92 Å². The van der Waals surface area contributed by atoms with E-state index < -0.39 is 0 Å². The number of hydrogen-bond acceptors (Lipinski definition) is 0. The lowest BCUT2D eigenvalue weighted by Crippen LogP contribution is -1.97. The van der Waals surface area contributed by atoms with Gasteiger partial charge in [-0.1, -0.05) is 6.92 Å². The van der Waals surface area contributed by atoms with Gasteiger partial charge in [0, 0.05) is 0 Å². The van der Waals surface area contributed by atoms with Crippen molar-refractivity contribution in [1.29, 1.82) is 0 Å². The first-order valence-corrected chi connectivity index (χ1v) is 3.08. The number of rotatable bonds is 1. The maximum atomic E-state index is 2.22. The zero-order valence-electron chi connectivity index (χ0n) is 5.46. The molecule has 0 fully saturated rings. The zero-order valence-corrected chi connectivity index (χ0v) is 5.46. The van der Waals surface area contributed by atoms with E-state index in [0.29, 0.717) is 5.92 Å². The maximum absolute atomic E-state index is 2.22. The summed E-state index contributed by atoms with van der Waals surface area (Å²) < 4.78 is 2.11. The van der Waals surface area contributed by atoms with Gasteiger partial charge in [0.05, 0.1) is 5.92 Å². The minimum atomic E-state index is 0.694. The van der Waals surface area contributed by atoms with Crippen LogP contribution in [0.15, 0.2) is 12.3 Å². The standard InChI is InChI=1S/C7H12N/c1-3-7-4-5-8(2)6-7/h4-7H,3H2,1-2H3/q+1. The maximum Gasteiger partial charge on any atom is 0.165 e. The second-order valence-corrected chi connectivity index (χ2v) is 2.23. The Morgan fingerprint density at radius 1 is 1.62 bits per heavy atom. The van der Waals surface area contributed by atoms with Crippen molar-refractivity contribution in [3.63, 3.8) is 0 Å². The van der Waals surface area contributed by atoms with Crippen LogP contribution in [-0.2, 0) is 0 Å². The Balaban J connectivity index is 2.55. The van der Waals surface area contributed by atoms with Gasteiger partial charge in [-0.25, -0.2) is 4.58 Å². The quantitative estimate of drug-likeness (QED) is 0.447. The van der Waals surface area contributed by atoms with E-state index in [1.54, 1.807) is 0 Å². The van der Waals surface area contributed by atoms with Crippen molar-refractivity contribution < 1.29 is 4.58 Å². The van der Waals surface area contributed by atoms with Crippen molar-refractivity contribution in [1.82, 2.24) is 0 Å². The average molecular weight is 110 g/mol. The molecule has 1 heterocycles. The molecule has 1 nitrogen and oxygen atoms in total. The van der Waals surface area contributed by atoms with Gasteiger partial charge in [-0.3, -0.25) is 0 Å². The molecule has 0 N–H and O–H groups in total. The number of allylic oxidation sites excluding steroid dienone is 1. The summed E-state index contributed by atoms with van der Waals surface area (Å²) in [6.45, 7) is 2.20. The monoisotopic (exact) mass is 110 g/mol. The fraction of sp³-hybridized carbons (Fsp3) is 0.571. The predicted octanol–water partition coefficient (Wildman–Crippen LogP) is 1.25. The Kier molecular flexibility index (Phi) is 1.47. The van der Waals surface area contributed by atoms with Gasteiger partial charge < -0.3 is 0 Å². The van der Waals surface area contributed by atoms with Crippen LogP contribution >= 0.6 is 0 Å². The van der Waals surface area contributed by atoms with Crippen molar-refractivity contribution in [2.75, 3.05) is 7.05 Å². The van der Waals surface area contributed by atoms with Crippen molar-refractivity contribution in [2.24, 2.45) is 5.92 Å². The summed E-state index contributed by atoms with van der Waals surface area (Å²) in [5.74, 6) is 0.694. The van der Waals surface area contributed by atoms with Gasteiger partial charge >= 0.3 is 0 Å². The van der Waals surface area contributed by atoms with Gasteiger partial charge in [0.2, 0.25) is 0 Å². The molecule has 1 rings (SSSR count). The summed E-state index contributed by atoms with van der Waals surface area (Å²) >= 11 is 0. The second kappa shape index (κ2) is 2.12. The lowest BCUT2D eigenvalue weighted by atomic mass is 10.1. The Bertz CT molecular complexity index is 133. The van der Waals surface area contributed by atoms with Crippen LogP contribution < -0.4 is 0 Å². The highest BCUT2D eigenvalue weighted by Gasteiger charge is 2.08. The number of nitrogens with zero attached hydrogens (tertiary/aromatic N) is 1. The smallest absolute Gasteiger partial charge is 0.165 e. The van der Waals surface area contributed by atoms with Gasteiger partial charge in [-0.15, -0.1) is 0 Å². The van der Waals surface area contributed by atoms with Gasteiger partial charge in [0.25, 0.3) is 0 Å². The molecule has 1 heteroatoms. The van der Waals surface area contributed by atoms with Crippen LogP contribution in [0.1, 0.15) is 13.3 Å². The molecular weight excluding hydrogens is 98.1 g/mol. The molecule has 0 amide bonds. The topological polar surface area (TPSA) is 3.01 Å². The summed E-state index contributed by atoms with van der Waals surface area (Å²) in [7, 11) is 2.06. The van der Waals surface area contributed by atoms with E-state index in [9.17, 15) is 0 Å². The SMILES string of the molecule is CCC1C=C[N+](C)=C1. The van der Waals surface area contributed by atoms with E-state index in [2.05, 4.69) is 37.0 Å². The summed E-state index contributed by atoms with van der Waals surface area (Å²) in [6, 6.07) is 0. The van der Waals surface area contributed by atoms with E-state index >= 15 is 0 Å². The lowest BCUT2D eigenvalue weighted by Gasteiger charge is -1.88. The third-order valence-corrected chi connectivity index (χ3v) is 1.47. The van der Waals surface area contributed by atoms with Gasteiger partial charge in [0.1, 0.15) is 7.05 Å². The largest absolute Gasteiger partial charge is 0.211 e. The zero-order chi connectivity index (χ0) is 5.98. The molecule has 0 aliphatic carbocycles.